The van der Waals surface area contributed by atoms with E-state index in [1.165, 1.54) is 0 Å². The molecular formula is C20H27BN4O3. The first kappa shape index (κ1) is 19.1. The van der Waals surface area contributed by atoms with E-state index in [1.807, 2.05) is 40.8 Å². The lowest BCUT2D eigenvalue weighted by Crippen LogP contribution is -2.41. The number of carbonyl (C=O) groups is 1. The van der Waals surface area contributed by atoms with E-state index in [0.29, 0.717) is 11.7 Å². The van der Waals surface area contributed by atoms with Crippen LogP contribution in [-0.2, 0) is 14.1 Å². The van der Waals surface area contributed by atoms with Crippen molar-refractivity contribution in [2.24, 2.45) is 11.8 Å². The highest BCUT2D eigenvalue weighted by molar-refractivity contribution is 6.65. The van der Waals surface area contributed by atoms with Gasteiger partial charge >= 0.3 is 7.12 Å². The second-order valence-corrected chi connectivity index (χ2v) is 8.82. The van der Waals surface area contributed by atoms with Crippen LogP contribution in [0.5, 0.6) is 0 Å². The molecule has 2 N–H and O–H groups in total. The molecular weight excluding hydrogens is 355 g/mol. The number of hydrogen-bond donors (Lipinski definition) is 2. The molecule has 1 amide bonds. The lowest BCUT2D eigenvalue weighted by molar-refractivity contribution is -0.117. The summed E-state index contributed by atoms with van der Waals surface area (Å²) in [5.74, 6) is 1.81. The summed E-state index contributed by atoms with van der Waals surface area (Å²) in [7, 11) is 1.28. The Morgan fingerprint density at radius 2 is 1.79 bits per heavy atom. The molecule has 0 spiro atoms. The van der Waals surface area contributed by atoms with Crippen LogP contribution in [0, 0.1) is 11.8 Å². The molecule has 2 aromatic heterocycles. The highest BCUT2D eigenvalue weighted by Gasteiger charge is 2.52. The minimum Gasteiger partial charge on any atom is -0.399 e. The van der Waals surface area contributed by atoms with Crippen molar-refractivity contribution in [1.29, 1.82) is 0 Å². The van der Waals surface area contributed by atoms with Gasteiger partial charge in [-0.25, -0.2) is 9.97 Å². The van der Waals surface area contributed by atoms with Gasteiger partial charge < -0.3 is 19.9 Å². The largest absolute Gasteiger partial charge is 0.497 e. The fourth-order valence-electron chi connectivity index (χ4n) is 3.49. The Kier molecular flexibility index (Phi) is 4.39. The molecule has 2 aliphatic rings. The van der Waals surface area contributed by atoms with Gasteiger partial charge in [0.15, 0.2) is 0 Å². The number of nitrogens with one attached hydrogen (secondary N) is 2. The van der Waals surface area contributed by atoms with Gasteiger partial charge in [-0.2, -0.15) is 0 Å². The summed E-state index contributed by atoms with van der Waals surface area (Å²) in [5.41, 5.74) is -0.0688. The van der Waals surface area contributed by atoms with Gasteiger partial charge in [-0.15, -0.1) is 0 Å². The van der Waals surface area contributed by atoms with Crippen molar-refractivity contribution in [2.45, 2.75) is 52.2 Å². The maximum absolute atomic E-state index is 12.3. The number of amides is 1. The molecule has 28 heavy (non-hydrogen) atoms. The zero-order chi connectivity index (χ0) is 20.3. The van der Waals surface area contributed by atoms with E-state index in [4.69, 9.17) is 9.31 Å². The van der Waals surface area contributed by atoms with Crippen LogP contribution >= 0.6 is 0 Å². The number of hydrogen-bond acceptors (Lipinski definition) is 6. The minimum absolute atomic E-state index is 0.0272. The SMILES string of the molecule is CNc1ncc(B2OC(C)(C)C(C)(C)O2)c2cc(NC(=O)[C@H]3C[C@H]3C)ncc12. The molecule has 3 heterocycles. The van der Waals surface area contributed by atoms with E-state index in [9.17, 15) is 4.79 Å². The number of carbonyl (C=O) groups excluding carboxylic acids is 1. The summed E-state index contributed by atoms with van der Waals surface area (Å²) in [6, 6.07) is 1.88. The van der Waals surface area contributed by atoms with Gasteiger partial charge in [0.25, 0.3) is 0 Å². The smallest absolute Gasteiger partial charge is 0.399 e. The molecule has 0 bridgehead atoms. The fraction of sp³-hybridized carbons (Fsp3) is 0.550. The zero-order valence-electron chi connectivity index (χ0n) is 17.3. The Labute approximate surface area is 165 Å². The number of nitrogens with zero attached hydrogens (tertiary/aromatic N) is 2. The van der Waals surface area contributed by atoms with Crippen LogP contribution in [0.3, 0.4) is 0 Å². The first-order valence-electron chi connectivity index (χ1n) is 9.76. The average Bonchev–Trinajstić information content (AvgIpc) is 3.31. The summed E-state index contributed by atoms with van der Waals surface area (Å²) in [4.78, 5) is 21.3. The Bertz CT molecular complexity index is 930. The molecule has 1 saturated carbocycles. The third-order valence-corrected chi connectivity index (χ3v) is 6.24. The van der Waals surface area contributed by atoms with Crippen molar-refractivity contribution in [3.8, 4) is 0 Å². The maximum atomic E-state index is 12.3. The lowest BCUT2D eigenvalue weighted by atomic mass is 9.77. The van der Waals surface area contributed by atoms with Gasteiger partial charge in [0.2, 0.25) is 5.91 Å². The first-order valence-corrected chi connectivity index (χ1v) is 9.76. The average molecular weight is 382 g/mol. The maximum Gasteiger partial charge on any atom is 0.497 e. The number of rotatable bonds is 4. The third kappa shape index (κ3) is 3.14. The number of anilines is 2. The van der Waals surface area contributed by atoms with Gasteiger partial charge in [0, 0.05) is 36.2 Å². The molecule has 0 unspecified atom stereocenters. The summed E-state index contributed by atoms with van der Waals surface area (Å²) in [6.45, 7) is 10.2. The van der Waals surface area contributed by atoms with Crippen molar-refractivity contribution in [3.63, 3.8) is 0 Å². The Morgan fingerprint density at radius 1 is 1.14 bits per heavy atom. The lowest BCUT2D eigenvalue weighted by Gasteiger charge is -2.32. The van der Waals surface area contributed by atoms with E-state index >= 15 is 0 Å². The second kappa shape index (κ2) is 6.42. The molecule has 2 aromatic rings. The predicted molar refractivity (Wildman–Crippen MR) is 111 cm³/mol. The topological polar surface area (TPSA) is 85.4 Å². The third-order valence-electron chi connectivity index (χ3n) is 6.24. The minimum atomic E-state index is -0.541. The highest BCUT2D eigenvalue weighted by atomic mass is 16.7. The molecule has 7 nitrogen and oxygen atoms in total. The van der Waals surface area contributed by atoms with E-state index in [-0.39, 0.29) is 11.8 Å². The van der Waals surface area contributed by atoms with Crippen molar-refractivity contribution in [2.75, 3.05) is 17.7 Å². The molecule has 8 heteroatoms. The summed E-state index contributed by atoms with van der Waals surface area (Å²) in [6.07, 6.45) is 4.44. The molecule has 2 fully saturated rings. The predicted octanol–water partition coefficient (Wildman–Crippen LogP) is 2.57. The monoisotopic (exact) mass is 382 g/mol. The van der Waals surface area contributed by atoms with Crippen molar-refractivity contribution in [1.82, 2.24) is 9.97 Å². The molecule has 1 saturated heterocycles. The van der Waals surface area contributed by atoms with E-state index in [0.717, 1.165) is 28.5 Å². The van der Waals surface area contributed by atoms with Crippen LogP contribution in [0.1, 0.15) is 41.0 Å². The van der Waals surface area contributed by atoms with Gasteiger partial charge in [-0.05, 0) is 51.5 Å². The molecule has 1 aliphatic carbocycles. The van der Waals surface area contributed by atoms with E-state index in [1.54, 1.807) is 12.4 Å². The van der Waals surface area contributed by atoms with Crippen molar-refractivity contribution < 1.29 is 14.1 Å². The Balaban J connectivity index is 1.74. The van der Waals surface area contributed by atoms with Crippen LogP contribution in [0.4, 0.5) is 11.6 Å². The molecule has 0 radical (unpaired) electrons. The van der Waals surface area contributed by atoms with Gasteiger partial charge in [0.05, 0.1) is 11.2 Å². The quantitative estimate of drug-likeness (QED) is 0.791. The first-order chi connectivity index (χ1) is 13.1. The molecule has 4 rings (SSSR count). The Morgan fingerprint density at radius 3 is 2.36 bits per heavy atom. The van der Waals surface area contributed by atoms with Crippen LogP contribution in [-0.4, -0.2) is 41.2 Å². The van der Waals surface area contributed by atoms with Gasteiger partial charge in [0.1, 0.15) is 11.6 Å². The van der Waals surface area contributed by atoms with E-state index < -0.39 is 18.3 Å². The van der Waals surface area contributed by atoms with Gasteiger partial charge in [-0.1, -0.05) is 6.92 Å². The summed E-state index contributed by atoms with van der Waals surface area (Å²) >= 11 is 0. The van der Waals surface area contributed by atoms with E-state index in [2.05, 4.69) is 27.5 Å². The van der Waals surface area contributed by atoms with Crippen molar-refractivity contribution in [3.05, 3.63) is 18.5 Å². The van der Waals surface area contributed by atoms with Crippen LogP contribution in [0.2, 0.25) is 0 Å². The van der Waals surface area contributed by atoms with Crippen LogP contribution in [0.15, 0.2) is 18.5 Å². The highest BCUT2D eigenvalue weighted by Crippen LogP contribution is 2.39. The molecule has 1 aliphatic heterocycles. The Hall–Kier alpha value is -2.19. The normalized spacial score (nSPS) is 25.0. The van der Waals surface area contributed by atoms with Crippen LogP contribution < -0.4 is 16.1 Å². The van der Waals surface area contributed by atoms with Crippen molar-refractivity contribution >= 4 is 40.9 Å². The zero-order valence-corrected chi connectivity index (χ0v) is 17.3. The number of aromatic nitrogens is 2. The van der Waals surface area contributed by atoms with Crippen LogP contribution in [0.25, 0.3) is 10.8 Å². The molecule has 0 aromatic carbocycles. The summed E-state index contributed by atoms with van der Waals surface area (Å²) < 4.78 is 12.4. The number of fused-ring (bicyclic) bond motifs is 1. The standard InChI is InChI=1S/C20H27BN4O3/c1-11-7-12(11)18(26)25-16-8-13-14(9-23-16)17(22-6)24-10-15(13)21-27-19(2,3)20(4,5)28-21/h8-12H,7H2,1-6H3,(H,22,24)(H,23,25,26)/t11-,12+/m1/s1. The number of pyridine rings is 2. The summed E-state index contributed by atoms with van der Waals surface area (Å²) in [5, 5.41) is 7.79. The molecule has 2 atom stereocenters. The second-order valence-electron chi connectivity index (χ2n) is 8.82. The fourth-order valence-corrected chi connectivity index (χ4v) is 3.49. The van der Waals surface area contributed by atoms with Gasteiger partial charge in [-0.3, -0.25) is 4.79 Å². The molecule has 148 valence electrons.